The Bertz CT molecular complexity index is 917. The highest BCUT2D eigenvalue weighted by atomic mass is 32.2. The van der Waals surface area contributed by atoms with Crippen LogP contribution in [-0.4, -0.2) is 53.6 Å². The first-order chi connectivity index (χ1) is 13.3. The van der Waals surface area contributed by atoms with Crippen LogP contribution in [0.5, 0.6) is 5.75 Å². The maximum atomic E-state index is 13.0. The third-order valence-corrected chi connectivity index (χ3v) is 6.34. The summed E-state index contributed by atoms with van der Waals surface area (Å²) in [6.45, 7) is 3.58. The van der Waals surface area contributed by atoms with Crippen molar-refractivity contribution in [3.05, 3.63) is 54.4 Å². The highest BCUT2D eigenvalue weighted by Gasteiger charge is 2.44. The smallest absolute Gasteiger partial charge is 0.324 e. The Balaban J connectivity index is 1.78. The van der Waals surface area contributed by atoms with Crippen molar-refractivity contribution < 1.29 is 27.8 Å². The van der Waals surface area contributed by atoms with E-state index >= 15 is 0 Å². The number of pyridine rings is 1. The molecule has 0 saturated carbocycles. The number of hydrogen-bond donors (Lipinski definition) is 1. The van der Waals surface area contributed by atoms with E-state index in [1.165, 1.54) is 12.1 Å². The van der Waals surface area contributed by atoms with Crippen LogP contribution in [0.3, 0.4) is 0 Å². The van der Waals surface area contributed by atoms with Crippen LogP contribution < -0.4 is 4.74 Å². The number of aliphatic carboxylic acids is 1. The summed E-state index contributed by atoms with van der Waals surface area (Å²) >= 11 is 0. The van der Waals surface area contributed by atoms with Gasteiger partial charge in [0.2, 0.25) is 10.0 Å². The molecule has 150 valence electrons. The number of ether oxygens (including phenoxy) is 2. The molecule has 1 aliphatic heterocycles. The van der Waals surface area contributed by atoms with Gasteiger partial charge in [-0.15, -0.1) is 0 Å². The number of sulfonamides is 1. The lowest BCUT2D eigenvalue weighted by Gasteiger charge is -2.39. The summed E-state index contributed by atoms with van der Waals surface area (Å²) in [5.74, 6) is -0.727. The summed E-state index contributed by atoms with van der Waals surface area (Å²) in [4.78, 5) is 15.6. The van der Waals surface area contributed by atoms with Gasteiger partial charge in [0.15, 0.2) is 0 Å². The Morgan fingerprint density at radius 3 is 2.46 bits per heavy atom. The molecule has 28 heavy (non-hydrogen) atoms. The molecule has 2 aromatic rings. The molecule has 1 aliphatic rings. The van der Waals surface area contributed by atoms with Gasteiger partial charge < -0.3 is 14.6 Å². The van der Waals surface area contributed by atoms with Crippen LogP contribution in [0.25, 0.3) is 0 Å². The number of aromatic nitrogens is 1. The van der Waals surface area contributed by atoms with Gasteiger partial charge in [0, 0.05) is 18.9 Å². The molecule has 1 fully saturated rings. The molecule has 2 heterocycles. The minimum Gasteiger partial charge on any atom is -0.489 e. The predicted molar refractivity (Wildman–Crippen MR) is 100 cm³/mol. The highest BCUT2D eigenvalue weighted by molar-refractivity contribution is 7.89. The maximum absolute atomic E-state index is 13.0. The number of benzene rings is 1. The standard InChI is InChI=1S/C19H22N2O6S/c1-13-11-21(18(19(22)23)14(2)27-13)28(24,25)17-5-3-16(4-6-17)26-12-15-7-9-20-10-8-15/h3-10,13-14,18H,11-12H2,1-2H3,(H,22,23)/t13-,14-,18+/m0/s1. The zero-order chi connectivity index (χ0) is 20.3. The molecule has 9 heteroatoms. The molecule has 3 rings (SSSR count). The zero-order valence-electron chi connectivity index (χ0n) is 15.6. The van der Waals surface area contributed by atoms with E-state index < -0.39 is 34.2 Å². The van der Waals surface area contributed by atoms with Crippen molar-refractivity contribution in [2.45, 2.75) is 43.6 Å². The second kappa shape index (κ2) is 8.26. The van der Waals surface area contributed by atoms with Crippen molar-refractivity contribution in [2.24, 2.45) is 0 Å². The van der Waals surface area contributed by atoms with Crippen LogP contribution in [-0.2, 0) is 26.2 Å². The fourth-order valence-electron chi connectivity index (χ4n) is 3.15. The Labute approximate surface area is 163 Å². The van der Waals surface area contributed by atoms with Crippen LogP contribution in [0.1, 0.15) is 19.4 Å². The van der Waals surface area contributed by atoms with Gasteiger partial charge in [0.05, 0.1) is 17.1 Å². The van der Waals surface area contributed by atoms with Crippen LogP contribution in [0.15, 0.2) is 53.7 Å². The van der Waals surface area contributed by atoms with E-state index in [4.69, 9.17) is 9.47 Å². The van der Waals surface area contributed by atoms with Crippen molar-refractivity contribution in [3.8, 4) is 5.75 Å². The van der Waals surface area contributed by atoms with E-state index in [-0.39, 0.29) is 11.4 Å². The lowest BCUT2D eigenvalue weighted by Crippen LogP contribution is -2.58. The van der Waals surface area contributed by atoms with Crippen molar-refractivity contribution in [1.29, 1.82) is 0 Å². The van der Waals surface area contributed by atoms with Gasteiger partial charge in [-0.1, -0.05) is 0 Å². The van der Waals surface area contributed by atoms with Gasteiger partial charge in [-0.05, 0) is 55.8 Å². The number of carboxylic acids is 1. The SMILES string of the molecule is C[C@@H]1O[C@@H](C)CN(S(=O)(=O)c2ccc(OCc3ccncc3)cc2)[C@H]1C(=O)O. The Kier molecular flexibility index (Phi) is 5.97. The second-order valence-corrected chi connectivity index (χ2v) is 8.52. The van der Waals surface area contributed by atoms with Crippen LogP contribution >= 0.6 is 0 Å². The van der Waals surface area contributed by atoms with Crippen molar-refractivity contribution in [3.63, 3.8) is 0 Å². The lowest BCUT2D eigenvalue weighted by atomic mass is 10.1. The van der Waals surface area contributed by atoms with Gasteiger partial charge in [0.25, 0.3) is 0 Å². The molecule has 0 unspecified atom stereocenters. The van der Waals surface area contributed by atoms with Gasteiger partial charge in [-0.25, -0.2) is 8.42 Å². The molecule has 0 bridgehead atoms. The molecule has 3 atom stereocenters. The average molecular weight is 406 g/mol. The summed E-state index contributed by atoms with van der Waals surface area (Å²) < 4.78 is 38.2. The van der Waals surface area contributed by atoms with Gasteiger partial charge in [-0.3, -0.25) is 9.78 Å². The van der Waals surface area contributed by atoms with Gasteiger partial charge in [0.1, 0.15) is 18.4 Å². The normalized spacial score (nSPS) is 23.3. The lowest BCUT2D eigenvalue weighted by molar-refractivity contribution is -0.155. The van der Waals surface area contributed by atoms with Crippen LogP contribution in [0, 0.1) is 0 Å². The Morgan fingerprint density at radius 1 is 1.21 bits per heavy atom. The minimum absolute atomic E-state index is 0.0105. The topological polar surface area (TPSA) is 106 Å². The largest absolute Gasteiger partial charge is 0.489 e. The second-order valence-electron chi connectivity index (χ2n) is 6.63. The Hall–Kier alpha value is -2.49. The number of carbonyl (C=O) groups is 1. The number of rotatable bonds is 6. The molecule has 0 spiro atoms. The molecule has 1 N–H and O–H groups in total. The maximum Gasteiger partial charge on any atom is 0.324 e. The summed E-state index contributed by atoms with van der Waals surface area (Å²) in [6, 6.07) is 8.32. The van der Waals surface area contributed by atoms with Crippen LogP contribution in [0.2, 0.25) is 0 Å². The fraction of sp³-hybridized carbons (Fsp3) is 0.368. The molecule has 0 radical (unpaired) electrons. The first kappa shape index (κ1) is 20.2. The minimum atomic E-state index is -4.00. The fourth-order valence-corrected chi connectivity index (χ4v) is 4.86. The molecule has 1 aromatic heterocycles. The van der Waals surface area contributed by atoms with E-state index in [0.29, 0.717) is 12.4 Å². The molecule has 0 aliphatic carbocycles. The number of morpholine rings is 1. The van der Waals surface area contributed by atoms with Gasteiger partial charge >= 0.3 is 5.97 Å². The molecule has 1 saturated heterocycles. The van der Waals surface area contributed by atoms with Crippen molar-refractivity contribution in [2.75, 3.05) is 6.54 Å². The highest BCUT2D eigenvalue weighted by Crippen LogP contribution is 2.27. The van der Waals surface area contributed by atoms with E-state index in [9.17, 15) is 18.3 Å². The summed E-state index contributed by atoms with van der Waals surface area (Å²) in [5, 5.41) is 9.49. The molecular weight excluding hydrogens is 384 g/mol. The van der Waals surface area contributed by atoms with Gasteiger partial charge in [-0.2, -0.15) is 4.31 Å². The number of carboxylic acid groups (broad SMARTS) is 1. The monoisotopic (exact) mass is 406 g/mol. The first-order valence-corrected chi connectivity index (χ1v) is 10.2. The number of nitrogens with zero attached hydrogens (tertiary/aromatic N) is 2. The van der Waals surface area contributed by atoms with E-state index in [2.05, 4.69) is 4.98 Å². The van der Waals surface area contributed by atoms with Crippen LogP contribution in [0.4, 0.5) is 0 Å². The number of hydrogen-bond acceptors (Lipinski definition) is 6. The van der Waals surface area contributed by atoms with E-state index in [1.54, 1.807) is 38.4 Å². The van der Waals surface area contributed by atoms with E-state index in [0.717, 1.165) is 9.87 Å². The molecule has 1 aromatic carbocycles. The summed E-state index contributed by atoms with van der Waals surface area (Å²) in [7, 11) is -4.00. The predicted octanol–water partition coefficient (Wildman–Crippen LogP) is 1.91. The zero-order valence-corrected chi connectivity index (χ0v) is 16.4. The third kappa shape index (κ3) is 4.32. The molecule has 8 nitrogen and oxygen atoms in total. The average Bonchev–Trinajstić information content (AvgIpc) is 2.66. The first-order valence-electron chi connectivity index (χ1n) is 8.81. The summed E-state index contributed by atoms with van der Waals surface area (Å²) in [5.41, 5.74) is 0.937. The third-order valence-electron chi connectivity index (χ3n) is 4.48. The molecule has 0 amide bonds. The summed E-state index contributed by atoms with van der Waals surface area (Å²) in [6.07, 6.45) is 2.18. The van der Waals surface area contributed by atoms with E-state index in [1.807, 2.05) is 12.1 Å². The van der Waals surface area contributed by atoms with Crippen molar-refractivity contribution >= 4 is 16.0 Å². The quantitative estimate of drug-likeness (QED) is 0.781. The van der Waals surface area contributed by atoms with Crippen molar-refractivity contribution in [1.82, 2.24) is 9.29 Å². The molecular formula is C19H22N2O6S. The Morgan fingerprint density at radius 2 is 1.86 bits per heavy atom.